The molecular weight excluding hydrogens is 366 g/mol. The van der Waals surface area contributed by atoms with Gasteiger partial charge in [-0.1, -0.05) is 30.3 Å². The predicted octanol–water partition coefficient (Wildman–Crippen LogP) is 2.49. The van der Waals surface area contributed by atoms with Crippen LogP contribution in [-0.4, -0.2) is 55.2 Å². The van der Waals surface area contributed by atoms with Crippen LogP contribution in [0.3, 0.4) is 0 Å². The van der Waals surface area contributed by atoms with E-state index >= 15 is 0 Å². The summed E-state index contributed by atoms with van der Waals surface area (Å²) in [6.07, 6.45) is 2.58. The molecule has 3 aromatic rings. The smallest absolute Gasteiger partial charge is 0.229 e. The molecule has 1 aliphatic heterocycles. The summed E-state index contributed by atoms with van der Waals surface area (Å²) >= 11 is 0. The van der Waals surface area contributed by atoms with Crippen molar-refractivity contribution in [2.24, 2.45) is 0 Å². The van der Waals surface area contributed by atoms with Gasteiger partial charge in [0.05, 0.1) is 5.54 Å². The SMILES string of the molecule is C[C@@H](O)c1nccc(N2CCN(c3ncnc(-c4ccccc4)n3)CC2(C)C)n1. The summed E-state index contributed by atoms with van der Waals surface area (Å²) in [4.78, 5) is 26.6. The highest BCUT2D eigenvalue weighted by Crippen LogP contribution is 2.29. The second-order valence-corrected chi connectivity index (χ2v) is 7.81. The van der Waals surface area contributed by atoms with Gasteiger partial charge in [0, 0.05) is 31.4 Å². The van der Waals surface area contributed by atoms with Crippen LogP contribution in [0.25, 0.3) is 11.4 Å². The number of rotatable bonds is 4. The Balaban J connectivity index is 1.56. The highest BCUT2D eigenvalue weighted by molar-refractivity contribution is 5.56. The van der Waals surface area contributed by atoms with Crippen LogP contribution < -0.4 is 9.80 Å². The maximum atomic E-state index is 9.81. The molecular formula is C21H25N7O. The quantitative estimate of drug-likeness (QED) is 0.725. The van der Waals surface area contributed by atoms with E-state index in [0.717, 1.165) is 31.0 Å². The molecule has 1 saturated heterocycles. The average molecular weight is 391 g/mol. The van der Waals surface area contributed by atoms with Crippen LogP contribution in [0.4, 0.5) is 11.8 Å². The third-order valence-corrected chi connectivity index (χ3v) is 5.09. The Morgan fingerprint density at radius 2 is 1.79 bits per heavy atom. The Morgan fingerprint density at radius 1 is 1.00 bits per heavy atom. The van der Waals surface area contributed by atoms with Gasteiger partial charge in [0.2, 0.25) is 5.95 Å². The zero-order valence-electron chi connectivity index (χ0n) is 16.9. The fourth-order valence-corrected chi connectivity index (χ4v) is 3.63. The maximum Gasteiger partial charge on any atom is 0.229 e. The number of aromatic nitrogens is 5. The first-order chi connectivity index (χ1) is 13.9. The van der Waals surface area contributed by atoms with Crippen LogP contribution in [0.1, 0.15) is 32.7 Å². The van der Waals surface area contributed by atoms with E-state index in [9.17, 15) is 5.11 Å². The lowest BCUT2D eigenvalue weighted by atomic mass is 9.99. The van der Waals surface area contributed by atoms with Crippen molar-refractivity contribution in [3.05, 3.63) is 54.7 Å². The van der Waals surface area contributed by atoms with Gasteiger partial charge in [0.1, 0.15) is 18.2 Å². The Kier molecular flexibility index (Phi) is 5.10. The first-order valence-corrected chi connectivity index (χ1v) is 9.72. The minimum atomic E-state index is -0.694. The second kappa shape index (κ2) is 7.71. The van der Waals surface area contributed by atoms with Gasteiger partial charge in [-0.25, -0.2) is 19.9 Å². The average Bonchev–Trinajstić information content (AvgIpc) is 2.74. The lowest BCUT2D eigenvalue weighted by molar-refractivity contribution is 0.188. The first-order valence-electron chi connectivity index (χ1n) is 9.72. The molecule has 0 saturated carbocycles. The standard InChI is InChI=1S/C21H25N7O/c1-15(29)18-22-10-9-17(25-18)28-12-11-27(13-21(28,2)3)20-24-14-23-19(26-20)16-7-5-4-6-8-16/h4-10,14-15,29H,11-13H2,1-3H3/t15-/m1/s1. The van der Waals surface area contributed by atoms with Crippen LogP contribution in [0.2, 0.25) is 0 Å². The van der Waals surface area contributed by atoms with Gasteiger partial charge in [-0.15, -0.1) is 0 Å². The number of aliphatic hydroxyl groups excluding tert-OH is 1. The molecule has 1 fully saturated rings. The number of hydrogen-bond acceptors (Lipinski definition) is 8. The van der Waals surface area contributed by atoms with E-state index in [1.165, 1.54) is 0 Å². The van der Waals surface area contributed by atoms with E-state index in [1.54, 1.807) is 19.4 Å². The Hall–Kier alpha value is -3.13. The van der Waals surface area contributed by atoms with Crippen molar-refractivity contribution in [3.8, 4) is 11.4 Å². The zero-order chi connectivity index (χ0) is 20.4. The number of nitrogens with zero attached hydrogens (tertiary/aromatic N) is 7. The van der Waals surface area contributed by atoms with Crippen molar-refractivity contribution in [3.63, 3.8) is 0 Å². The molecule has 0 radical (unpaired) electrons. The normalized spacial score (nSPS) is 17.2. The summed E-state index contributed by atoms with van der Waals surface area (Å²) in [5.41, 5.74) is 0.767. The van der Waals surface area contributed by atoms with E-state index in [0.29, 0.717) is 17.6 Å². The molecule has 0 amide bonds. The number of aliphatic hydroxyl groups is 1. The van der Waals surface area contributed by atoms with E-state index in [2.05, 4.69) is 43.6 Å². The van der Waals surface area contributed by atoms with Gasteiger partial charge in [0.15, 0.2) is 11.6 Å². The van der Waals surface area contributed by atoms with Crippen LogP contribution in [0.15, 0.2) is 48.9 Å². The summed E-state index contributed by atoms with van der Waals surface area (Å²) in [5, 5.41) is 9.81. The van der Waals surface area contributed by atoms with E-state index < -0.39 is 6.10 Å². The molecule has 3 heterocycles. The zero-order valence-corrected chi connectivity index (χ0v) is 16.9. The van der Waals surface area contributed by atoms with Crippen LogP contribution in [0, 0.1) is 0 Å². The molecule has 0 bridgehead atoms. The van der Waals surface area contributed by atoms with Crippen molar-refractivity contribution in [2.75, 3.05) is 29.4 Å². The van der Waals surface area contributed by atoms with Gasteiger partial charge in [-0.3, -0.25) is 0 Å². The summed E-state index contributed by atoms with van der Waals surface area (Å²) in [6.45, 7) is 8.27. The molecule has 0 aliphatic carbocycles. The molecule has 29 heavy (non-hydrogen) atoms. The lowest BCUT2D eigenvalue weighted by Gasteiger charge is -2.47. The lowest BCUT2D eigenvalue weighted by Crippen LogP contribution is -2.60. The van der Waals surface area contributed by atoms with Crippen molar-refractivity contribution < 1.29 is 5.11 Å². The van der Waals surface area contributed by atoms with Crippen LogP contribution in [-0.2, 0) is 0 Å². The van der Waals surface area contributed by atoms with Crippen molar-refractivity contribution in [1.29, 1.82) is 0 Å². The molecule has 0 spiro atoms. The first kappa shape index (κ1) is 19.2. The summed E-state index contributed by atoms with van der Waals surface area (Å²) in [6, 6.07) is 11.8. The Morgan fingerprint density at radius 3 is 2.52 bits per heavy atom. The summed E-state index contributed by atoms with van der Waals surface area (Å²) < 4.78 is 0. The molecule has 1 N–H and O–H groups in total. The maximum absolute atomic E-state index is 9.81. The van der Waals surface area contributed by atoms with Gasteiger partial charge in [-0.2, -0.15) is 4.98 Å². The highest BCUT2D eigenvalue weighted by atomic mass is 16.3. The summed E-state index contributed by atoms with van der Waals surface area (Å²) in [5.74, 6) is 2.61. The number of benzene rings is 1. The van der Waals surface area contributed by atoms with E-state index in [4.69, 9.17) is 4.98 Å². The predicted molar refractivity (Wildman–Crippen MR) is 112 cm³/mol. The minimum Gasteiger partial charge on any atom is -0.385 e. The molecule has 1 atom stereocenters. The summed E-state index contributed by atoms with van der Waals surface area (Å²) in [7, 11) is 0. The third-order valence-electron chi connectivity index (χ3n) is 5.09. The number of hydrogen-bond donors (Lipinski definition) is 1. The van der Waals surface area contributed by atoms with Crippen molar-refractivity contribution >= 4 is 11.8 Å². The third kappa shape index (κ3) is 4.02. The van der Waals surface area contributed by atoms with E-state index in [-0.39, 0.29) is 5.54 Å². The van der Waals surface area contributed by atoms with Crippen LogP contribution in [0.5, 0.6) is 0 Å². The second-order valence-electron chi connectivity index (χ2n) is 7.81. The molecule has 1 aliphatic rings. The van der Waals surface area contributed by atoms with Gasteiger partial charge in [0.25, 0.3) is 0 Å². The minimum absolute atomic E-state index is 0.206. The molecule has 150 valence electrons. The highest BCUT2D eigenvalue weighted by Gasteiger charge is 2.36. The molecule has 0 unspecified atom stereocenters. The molecule has 1 aromatic carbocycles. The molecule has 2 aromatic heterocycles. The van der Waals surface area contributed by atoms with Crippen molar-refractivity contribution in [1.82, 2.24) is 24.9 Å². The Labute approximate surface area is 170 Å². The topological polar surface area (TPSA) is 91.2 Å². The number of anilines is 2. The Bertz CT molecular complexity index is 978. The van der Waals surface area contributed by atoms with Crippen LogP contribution >= 0.6 is 0 Å². The van der Waals surface area contributed by atoms with Gasteiger partial charge < -0.3 is 14.9 Å². The van der Waals surface area contributed by atoms with E-state index in [1.807, 2.05) is 36.4 Å². The fraction of sp³-hybridized carbons (Fsp3) is 0.381. The molecule has 8 nitrogen and oxygen atoms in total. The monoisotopic (exact) mass is 391 g/mol. The van der Waals surface area contributed by atoms with Gasteiger partial charge in [-0.05, 0) is 26.8 Å². The largest absolute Gasteiger partial charge is 0.385 e. The molecule has 4 rings (SSSR count). The number of piperazine rings is 1. The molecule has 8 heteroatoms. The van der Waals surface area contributed by atoms with Gasteiger partial charge >= 0.3 is 0 Å². The van der Waals surface area contributed by atoms with Crippen molar-refractivity contribution in [2.45, 2.75) is 32.4 Å². The fourth-order valence-electron chi connectivity index (χ4n) is 3.63.